The second kappa shape index (κ2) is 9.08. The third-order valence-electron chi connectivity index (χ3n) is 5.80. The second-order valence-electron chi connectivity index (χ2n) is 7.77. The number of carbonyl (C=O) groups is 1. The highest BCUT2D eigenvalue weighted by molar-refractivity contribution is 8.05. The summed E-state index contributed by atoms with van der Waals surface area (Å²) in [5.41, 5.74) is 3.89. The molecule has 1 saturated heterocycles. The lowest BCUT2D eigenvalue weighted by Gasteiger charge is -2.37. The molecular weight excluding hydrogens is 432 g/mol. The predicted molar refractivity (Wildman–Crippen MR) is 132 cm³/mol. The number of benzene rings is 3. The van der Waals surface area contributed by atoms with E-state index in [9.17, 15) is 4.79 Å². The fourth-order valence-corrected chi connectivity index (χ4v) is 5.23. The highest BCUT2D eigenvalue weighted by Crippen LogP contribution is 2.44. The van der Waals surface area contributed by atoms with E-state index in [-0.39, 0.29) is 17.4 Å². The number of hydrogen-bond acceptors (Lipinski definition) is 5. The van der Waals surface area contributed by atoms with Gasteiger partial charge in [0.1, 0.15) is 11.5 Å². The molecule has 0 bridgehead atoms. The summed E-state index contributed by atoms with van der Waals surface area (Å²) in [4.78, 5) is 16.1. The number of hydrogen-bond donors (Lipinski definition) is 1. The summed E-state index contributed by atoms with van der Waals surface area (Å²) in [6.07, 6.45) is 4.07. The van der Waals surface area contributed by atoms with Crippen LogP contribution in [-0.4, -0.2) is 30.5 Å². The van der Waals surface area contributed by atoms with E-state index in [1.165, 1.54) is 0 Å². The Hall–Kier alpha value is -3.64. The van der Waals surface area contributed by atoms with Crippen LogP contribution in [0.15, 0.2) is 89.8 Å². The second-order valence-corrected chi connectivity index (χ2v) is 8.90. The van der Waals surface area contributed by atoms with E-state index in [1.54, 1.807) is 26.0 Å². The van der Waals surface area contributed by atoms with Gasteiger partial charge in [-0.3, -0.25) is 9.69 Å². The number of thioether (sulfide) groups is 1. The molecule has 0 saturated carbocycles. The van der Waals surface area contributed by atoms with E-state index in [2.05, 4.69) is 23.5 Å². The molecule has 1 amide bonds. The number of amides is 1. The van der Waals surface area contributed by atoms with Gasteiger partial charge in [0, 0.05) is 5.70 Å². The first-order chi connectivity index (χ1) is 16.2. The molecule has 33 heavy (non-hydrogen) atoms. The van der Waals surface area contributed by atoms with Crippen molar-refractivity contribution in [1.29, 1.82) is 0 Å². The lowest BCUT2D eigenvalue weighted by Crippen LogP contribution is -2.46. The van der Waals surface area contributed by atoms with Crippen molar-refractivity contribution in [2.45, 2.75) is 11.5 Å². The monoisotopic (exact) mass is 456 g/mol. The first-order valence-corrected chi connectivity index (χ1v) is 11.6. The number of nitrogens with one attached hydrogen (secondary N) is 1. The Morgan fingerprint density at radius 3 is 2.15 bits per heavy atom. The molecule has 0 spiro atoms. The van der Waals surface area contributed by atoms with Gasteiger partial charge in [-0.25, -0.2) is 0 Å². The van der Waals surface area contributed by atoms with Crippen molar-refractivity contribution < 1.29 is 14.3 Å². The first kappa shape index (κ1) is 21.2. The van der Waals surface area contributed by atoms with Crippen molar-refractivity contribution >= 4 is 29.4 Å². The summed E-state index contributed by atoms with van der Waals surface area (Å²) in [6.45, 7) is 0. The fraction of sp³-hybridized carbons (Fsp3) is 0.148. The first-order valence-electron chi connectivity index (χ1n) is 10.7. The maximum absolute atomic E-state index is 13.5. The van der Waals surface area contributed by atoms with Gasteiger partial charge in [-0.2, -0.15) is 0 Å². The van der Waals surface area contributed by atoms with Crippen LogP contribution in [0.2, 0.25) is 0 Å². The van der Waals surface area contributed by atoms with Gasteiger partial charge < -0.3 is 14.8 Å². The van der Waals surface area contributed by atoms with Gasteiger partial charge in [-0.05, 0) is 65.2 Å². The van der Waals surface area contributed by atoms with Crippen LogP contribution in [-0.2, 0) is 4.79 Å². The zero-order valence-corrected chi connectivity index (χ0v) is 19.2. The van der Waals surface area contributed by atoms with Crippen LogP contribution < -0.4 is 14.8 Å². The van der Waals surface area contributed by atoms with Crippen LogP contribution in [0, 0.1) is 0 Å². The van der Waals surface area contributed by atoms with Gasteiger partial charge in [0.2, 0.25) is 0 Å². The van der Waals surface area contributed by atoms with Crippen LogP contribution in [0.4, 0.5) is 0 Å². The number of methoxy groups -OCH3 is 2. The fourth-order valence-electron chi connectivity index (χ4n) is 4.06. The lowest BCUT2D eigenvalue weighted by atomic mass is 9.99. The maximum Gasteiger partial charge on any atom is 0.263 e. The average Bonchev–Trinajstić information content (AvgIpc) is 3.19. The Kier molecular flexibility index (Phi) is 5.84. The molecule has 3 aromatic rings. The van der Waals surface area contributed by atoms with E-state index in [1.807, 2.05) is 77.7 Å². The minimum atomic E-state index is -0.200. The molecule has 0 radical (unpaired) electrons. The Morgan fingerprint density at radius 2 is 1.52 bits per heavy atom. The zero-order valence-electron chi connectivity index (χ0n) is 18.4. The molecule has 1 fully saturated rings. The van der Waals surface area contributed by atoms with Crippen molar-refractivity contribution in [1.82, 2.24) is 10.2 Å². The summed E-state index contributed by atoms with van der Waals surface area (Å²) in [6, 6.07) is 25.7. The standard InChI is InChI=1S/C27H24N2O3S/c1-31-21-12-8-18(9-13-21)16-25-26(30)29-24(20-6-4-3-5-7-20)17-23(28-27(29)33-25)19-10-14-22(32-2)15-11-19/h3-17,24,27-28H,1-2H3/b25-16+/t24-,27-/m1/s1. The van der Waals surface area contributed by atoms with Crippen LogP contribution in [0.3, 0.4) is 0 Å². The highest BCUT2D eigenvalue weighted by atomic mass is 32.2. The minimum Gasteiger partial charge on any atom is -0.497 e. The van der Waals surface area contributed by atoms with Crippen LogP contribution in [0.5, 0.6) is 11.5 Å². The van der Waals surface area contributed by atoms with E-state index >= 15 is 0 Å². The minimum absolute atomic E-state index is 0.0206. The van der Waals surface area contributed by atoms with Crippen molar-refractivity contribution in [2.75, 3.05) is 14.2 Å². The molecular formula is C27H24N2O3S. The number of fused-ring (bicyclic) bond motifs is 1. The van der Waals surface area contributed by atoms with E-state index < -0.39 is 0 Å². The number of carbonyl (C=O) groups excluding carboxylic acids is 1. The van der Waals surface area contributed by atoms with Crippen molar-refractivity contribution in [2.24, 2.45) is 0 Å². The molecule has 1 N–H and O–H groups in total. The van der Waals surface area contributed by atoms with Gasteiger partial charge in [-0.1, -0.05) is 54.2 Å². The van der Waals surface area contributed by atoms with Gasteiger partial charge in [0.25, 0.3) is 5.91 Å². The third-order valence-corrected chi connectivity index (χ3v) is 6.91. The summed E-state index contributed by atoms with van der Waals surface area (Å²) in [5.74, 6) is 1.62. The highest BCUT2D eigenvalue weighted by Gasteiger charge is 2.43. The van der Waals surface area contributed by atoms with Crippen molar-refractivity contribution in [3.63, 3.8) is 0 Å². The Labute approximate surface area is 197 Å². The SMILES string of the molecule is COc1ccc(/C=C2/S[C@@H]3NC(c4ccc(OC)cc4)=C[C@H](c4ccccc4)N3C2=O)cc1. The molecule has 2 atom stereocenters. The topological polar surface area (TPSA) is 50.8 Å². The molecule has 166 valence electrons. The molecule has 2 aliphatic heterocycles. The van der Waals surface area contributed by atoms with Gasteiger partial charge in [0.15, 0.2) is 5.50 Å². The lowest BCUT2D eigenvalue weighted by molar-refractivity contribution is -0.128. The quantitative estimate of drug-likeness (QED) is 0.529. The molecule has 2 aliphatic rings. The number of nitrogens with zero attached hydrogens (tertiary/aromatic N) is 1. The molecule has 5 rings (SSSR count). The van der Waals surface area contributed by atoms with Crippen molar-refractivity contribution in [3.8, 4) is 11.5 Å². The molecule has 0 unspecified atom stereocenters. The summed E-state index contributed by atoms with van der Waals surface area (Å²) >= 11 is 1.54. The predicted octanol–water partition coefficient (Wildman–Crippen LogP) is 5.29. The van der Waals surface area contributed by atoms with Gasteiger partial charge >= 0.3 is 0 Å². The van der Waals surface area contributed by atoms with E-state index in [4.69, 9.17) is 9.47 Å². The number of ether oxygens (including phenoxy) is 2. The van der Waals surface area contributed by atoms with Gasteiger partial charge in [0.05, 0.1) is 25.2 Å². The summed E-state index contributed by atoms with van der Waals surface area (Å²) < 4.78 is 10.5. The molecule has 0 aromatic heterocycles. The molecule has 3 aromatic carbocycles. The summed E-state index contributed by atoms with van der Waals surface area (Å²) in [7, 11) is 3.30. The molecule has 5 nitrogen and oxygen atoms in total. The Morgan fingerprint density at radius 1 is 0.879 bits per heavy atom. The Balaban J connectivity index is 1.50. The zero-order chi connectivity index (χ0) is 22.8. The van der Waals surface area contributed by atoms with Crippen molar-refractivity contribution in [3.05, 3.63) is 107 Å². The third kappa shape index (κ3) is 4.22. The average molecular weight is 457 g/mol. The largest absolute Gasteiger partial charge is 0.497 e. The van der Waals surface area contributed by atoms with Crippen LogP contribution in [0.25, 0.3) is 11.8 Å². The van der Waals surface area contributed by atoms with E-state index in [0.717, 1.165) is 33.9 Å². The molecule has 2 heterocycles. The maximum atomic E-state index is 13.5. The molecule has 0 aliphatic carbocycles. The number of rotatable bonds is 5. The normalized spacial score (nSPS) is 20.8. The van der Waals surface area contributed by atoms with Crippen LogP contribution >= 0.6 is 11.8 Å². The smallest absolute Gasteiger partial charge is 0.263 e. The van der Waals surface area contributed by atoms with Crippen LogP contribution in [0.1, 0.15) is 22.7 Å². The van der Waals surface area contributed by atoms with E-state index in [0.29, 0.717) is 4.91 Å². The Bertz CT molecular complexity index is 1200. The summed E-state index contributed by atoms with van der Waals surface area (Å²) in [5, 5.41) is 3.56. The molecule has 6 heteroatoms. The van der Waals surface area contributed by atoms with Gasteiger partial charge in [-0.15, -0.1) is 0 Å².